The lowest BCUT2D eigenvalue weighted by atomic mass is 9.90. The average molecular weight is 267 g/mol. The van der Waals surface area contributed by atoms with E-state index in [-0.39, 0.29) is 5.91 Å². The number of nitrogens with one attached hydrogen (secondary N) is 1. The predicted octanol–water partition coefficient (Wildman–Crippen LogP) is 1.35. The molecule has 0 spiro atoms. The van der Waals surface area contributed by atoms with Crippen molar-refractivity contribution in [2.24, 2.45) is 17.6 Å². The Kier molecular flexibility index (Phi) is 4.51. The molecule has 0 aromatic rings. The van der Waals surface area contributed by atoms with Crippen molar-refractivity contribution in [1.82, 2.24) is 10.2 Å². The Morgan fingerprint density at radius 1 is 1.37 bits per heavy atom. The highest BCUT2D eigenvalue weighted by Crippen LogP contribution is 2.42. The van der Waals surface area contributed by atoms with Gasteiger partial charge in [0.05, 0.1) is 0 Å². The molecule has 0 heterocycles. The monoisotopic (exact) mass is 267 g/mol. The number of carbonyl (C=O) groups is 1. The van der Waals surface area contributed by atoms with Gasteiger partial charge >= 0.3 is 0 Å². The summed E-state index contributed by atoms with van der Waals surface area (Å²) in [6.07, 6.45) is 4.67. The Labute approximate surface area is 117 Å². The van der Waals surface area contributed by atoms with Gasteiger partial charge in [0.2, 0.25) is 5.91 Å². The van der Waals surface area contributed by atoms with E-state index in [1.807, 2.05) is 0 Å². The maximum absolute atomic E-state index is 12.1. The van der Waals surface area contributed by atoms with Crippen LogP contribution in [0.15, 0.2) is 0 Å². The molecule has 0 bridgehead atoms. The lowest BCUT2D eigenvalue weighted by molar-refractivity contribution is -0.126. The second-order valence-corrected chi connectivity index (χ2v) is 6.75. The smallest absolute Gasteiger partial charge is 0.239 e. The molecule has 4 nitrogen and oxygen atoms in total. The fourth-order valence-corrected chi connectivity index (χ4v) is 2.99. The van der Waals surface area contributed by atoms with Crippen molar-refractivity contribution >= 4 is 5.91 Å². The molecule has 1 atom stereocenters. The molecule has 19 heavy (non-hydrogen) atoms. The van der Waals surface area contributed by atoms with E-state index < -0.39 is 5.54 Å². The van der Waals surface area contributed by atoms with Gasteiger partial charge in [-0.1, -0.05) is 20.8 Å². The van der Waals surface area contributed by atoms with E-state index in [1.165, 1.54) is 12.8 Å². The molecule has 2 aliphatic rings. The molecule has 0 saturated heterocycles. The number of nitrogens with two attached hydrogens (primary N) is 1. The third kappa shape index (κ3) is 3.69. The van der Waals surface area contributed by atoms with E-state index in [0.29, 0.717) is 17.9 Å². The van der Waals surface area contributed by atoms with E-state index in [0.717, 1.165) is 32.5 Å². The summed E-state index contributed by atoms with van der Waals surface area (Å²) < 4.78 is 0. The normalized spacial score (nSPS) is 22.8. The average Bonchev–Trinajstić information content (AvgIpc) is 3.18. The van der Waals surface area contributed by atoms with Crippen LogP contribution in [0.1, 0.15) is 46.5 Å². The van der Waals surface area contributed by atoms with Crippen molar-refractivity contribution in [2.75, 3.05) is 19.6 Å². The lowest BCUT2D eigenvalue weighted by Gasteiger charge is -2.37. The first-order chi connectivity index (χ1) is 8.98. The van der Waals surface area contributed by atoms with Crippen LogP contribution in [0.25, 0.3) is 0 Å². The molecule has 2 aliphatic carbocycles. The summed E-state index contributed by atoms with van der Waals surface area (Å²) >= 11 is 0. The highest BCUT2D eigenvalue weighted by molar-refractivity contribution is 5.86. The molecule has 4 heteroatoms. The molecule has 0 aromatic carbocycles. The van der Waals surface area contributed by atoms with Crippen molar-refractivity contribution in [2.45, 2.75) is 58.0 Å². The highest BCUT2D eigenvalue weighted by Gasteiger charge is 2.52. The van der Waals surface area contributed by atoms with Crippen LogP contribution in [-0.4, -0.2) is 42.0 Å². The van der Waals surface area contributed by atoms with Crippen molar-refractivity contribution < 1.29 is 4.79 Å². The molecule has 0 radical (unpaired) electrons. The van der Waals surface area contributed by atoms with Crippen molar-refractivity contribution in [1.29, 1.82) is 0 Å². The Hall–Kier alpha value is -0.610. The van der Waals surface area contributed by atoms with Gasteiger partial charge < -0.3 is 10.6 Å². The van der Waals surface area contributed by atoms with Gasteiger partial charge in [0.15, 0.2) is 0 Å². The first-order valence-electron chi connectivity index (χ1n) is 7.78. The molecule has 0 aromatic heterocycles. The predicted molar refractivity (Wildman–Crippen MR) is 77.8 cm³/mol. The minimum atomic E-state index is -0.480. The molecule has 2 fully saturated rings. The van der Waals surface area contributed by atoms with Crippen LogP contribution >= 0.6 is 0 Å². The Balaban J connectivity index is 2.08. The van der Waals surface area contributed by atoms with Crippen LogP contribution < -0.4 is 11.1 Å². The molecule has 1 unspecified atom stereocenters. The van der Waals surface area contributed by atoms with Gasteiger partial charge in [0.25, 0.3) is 0 Å². The van der Waals surface area contributed by atoms with E-state index in [2.05, 4.69) is 31.0 Å². The van der Waals surface area contributed by atoms with E-state index in [4.69, 9.17) is 5.73 Å². The standard InChI is InChI=1S/C15H29N3O/c1-4-18(9-11(2)3)10-15(14(16)19,12-5-6-12)17-13-7-8-13/h11-13,17H,4-10H2,1-3H3,(H2,16,19). The maximum atomic E-state index is 12.1. The first kappa shape index (κ1) is 14.8. The van der Waals surface area contributed by atoms with Crippen LogP contribution in [0.4, 0.5) is 0 Å². The van der Waals surface area contributed by atoms with Crippen LogP contribution in [0.5, 0.6) is 0 Å². The van der Waals surface area contributed by atoms with E-state index >= 15 is 0 Å². The second-order valence-electron chi connectivity index (χ2n) is 6.75. The van der Waals surface area contributed by atoms with Crippen molar-refractivity contribution in [3.05, 3.63) is 0 Å². The minimum Gasteiger partial charge on any atom is -0.368 e. The fourth-order valence-electron chi connectivity index (χ4n) is 2.99. The molecule has 1 amide bonds. The number of hydrogen-bond acceptors (Lipinski definition) is 3. The molecular weight excluding hydrogens is 238 g/mol. The van der Waals surface area contributed by atoms with Crippen LogP contribution in [0.2, 0.25) is 0 Å². The number of likely N-dealkylation sites (N-methyl/N-ethyl adjacent to an activating group) is 1. The SMILES string of the molecule is CCN(CC(C)C)CC(NC1CC1)(C(N)=O)C1CC1. The largest absolute Gasteiger partial charge is 0.368 e. The maximum Gasteiger partial charge on any atom is 0.239 e. The van der Waals surface area contributed by atoms with Gasteiger partial charge in [-0.15, -0.1) is 0 Å². The third-order valence-electron chi connectivity index (χ3n) is 4.30. The van der Waals surface area contributed by atoms with Gasteiger partial charge in [-0.2, -0.15) is 0 Å². The van der Waals surface area contributed by atoms with E-state index in [1.54, 1.807) is 0 Å². The summed E-state index contributed by atoms with van der Waals surface area (Å²) in [4.78, 5) is 14.5. The van der Waals surface area contributed by atoms with Gasteiger partial charge in [-0.3, -0.25) is 10.1 Å². The summed E-state index contributed by atoms with van der Waals surface area (Å²) in [6.45, 7) is 9.40. The third-order valence-corrected chi connectivity index (χ3v) is 4.30. The van der Waals surface area contributed by atoms with Gasteiger partial charge in [0, 0.05) is 19.1 Å². The summed E-state index contributed by atoms with van der Waals surface area (Å²) in [7, 11) is 0. The fraction of sp³-hybridized carbons (Fsp3) is 0.933. The summed E-state index contributed by atoms with van der Waals surface area (Å²) in [5.41, 5.74) is 5.31. The van der Waals surface area contributed by atoms with Crippen LogP contribution in [-0.2, 0) is 4.79 Å². The Morgan fingerprint density at radius 3 is 2.37 bits per heavy atom. The van der Waals surface area contributed by atoms with Crippen molar-refractivity contribution in [3.63, 3.8) is 0 Å². The molecule has 2 saturated carbocycles. The summed E-state index contributed by atoms with van der Waals surface area (Å²) in [6, 6.07) is 0.519. The van der Waals surface area contributed by atoms with Gasteiger partial charge in [0.1, 0.15) is 5.54 Å². The zero-order chi connectivity index (χ0) is 14.0. The molecule has 110 valence electrons. The minimum absolute atomic E-state index is 0.149. The van der Waals surface area contributed by atoms with Crippen LogP contribution in [0, 0.1) is 11.8 Å². The van der Waals surface area contributed by atoms with E-state index in [9.17, 15) is 4.79 Å². The zero-order valence-electron chi connectivity index (χ0n) is 12.6. The topological polar surface area (TPSA) is 58.4 Å². The summed E-state index contributed by atoms with van der Waals surface area (Å²) in [5.74, 6) is 0.918. The number of primary amides is 1. The summed E-state index contributed by atoms with van der Waals surface area (Å²) in [5, 5.41) is 3.59. The Morgan fingerprint density at radius 2 is 2.00 bits per heavy atom. The zero-order valence-corrected chi connectivity index (χ0v) is 12.6. The number of hydrogen-bond donors (Lipinski definition) is 2. The molecule has 0 aliphatic heterocycles. The van der Waals surface area contributed by atoms with Crippen LogP contribution in [0.3, 0.4) is 0 Å². The quantitative estimate of drug-likeness (QED) is 0.663. The number of carbonyl (C=O) groups excluding carboxylic acids is 1. The van der Waals surface area contributed by atoms with Gasteiger partial charge in [-0.05, 0) is 44.1 Å². The number of amides is 1. The molecule has 3 N–H and O–H groups in total. The number of nitrogens with zero attached hydrogens (tertiary/aromatic N) is 1. The first-order valence-corrected chi connectivity index (χ1v) is 7.78. The number of rotatable bonds is 9. The lowest BCUT2D eigenvalue weighted by Crippen LogP contribution is -2.64. The molecule has 2 rings (SSSR count). The second kappa shape index (κ2) is 5.80. The Bertz CT molecular complexity index is 323. The molecular formula is C15H29N3O. The van der Waals surface area contributed by atoms with Crippen molar-refractivity contribution in [3.8, 4) is 0 Å². The highest BCUT2D eigenvalue weighted by atomic mass is 16.1. The van der Waals surface area contributed by atoms with Gasteiger partial charge in [-0.25, -0.2) is 0 Å².